The van der Waals surface area contributed by atoms with Crippen molar-refractivity contribution in [2.45, 2.75) is 13.3 Å². The number of hydrogen-bond acceptors (Lipinski definition) is 3. The molecule has 2 amide bonds. The lowest BCUT2D eigenvalue weighted by Gasteiger charge is -2.12. The minimum absolute atomic E-state index is 0.0683. The van der Waals surface area contributed by atoms with E-state index in [2.05, 4.69) is 20.6 Å². The van der Waals surface area contributed by atoms with Crippen LogP contribution in [0.4, 0.5) is 10.5 Å². The number of nitrogens with zero attached hydrogens (tertiary/aromatic N) is 1. The second kappa shape index (κ2) is 6.56. The number of carbonyl (C=O) groups excluding carboxylic acids is 1. The number of nitrogens with one attached hydrogen (secondary N) is 3. The van der Waals surface area contributed by atoms with E-state index in [1.165, 1.54) is 6.07 Å². The van der Waals surface area contributed by atoms with Crippen molar-refractivity contribution in [3.63, 3.8) is 0 Å². The predicted octanol–water partition coefficient (Wildman–Crippen LogP) is 1.78. The first-order valence-corrected chi connectivity index (χ1v) is 6.43. The van der Waals surface area contributed by atoms with Crippen molar-refractivity contribution in [1.82, 2.24) is 15.3 Å². The minimum atomic E-state index is -1.08. The Labute approximate surface area is 121 Å². The topological polar surface area (TPSA) is 107 Å². The normalized spacial score (nSPS) is 10.1. The fourth-order valence-corrected chi connectivity index (χ4v) is 1.90. The Bertz CT molecular complexity index is 638. The van der Waals surface area contributed by atoms with Crippen molar-refractivity contribution < 1.29 is 14.7 Å². The molecule has 0 saturated carbocycles. The summed E-state index contributed by atoms with van der Waals surface area (Å²) in [6.45, 7) is 2.16. The number of H-pyrrole nitrogens is 1. The predicted molar refractivity (Wildman–Crippen MR) is 77.5 cm³/mol. The first-order valence-electron chi connectivity index (χ1n) is 6.43. The van der Waals surface area contributed by atoms with Gasteiger partial charge in [-0.3, -0.25) is 0 Å². The van der Waals surface area contributed by atoms with Gasteiger partial charge in [0.1, 0.15) is 0 Å². The molecule has 7 heteroatoms. The smallest absolute Gasteiger partial charge is 0.337 e. The van der Waals surface area contributed by atoms with Crippen molar-refractivity contribution in [3.05, 3.63) is 47.5 Å². The molecular weight excluding hydrogens is 272 g/mol. The molecule has 0 radical (unpaired) electrons. The molecule has 0 saturated heterocycles. The molecule has 1 aromatic heterocycles. The molecule has 0 bridgehead atoms. The van der Waals surface area contributed by atoms with E-state index in [0.29, 0.717) is 24.2 Å². The lowest BCUT2D eigenvalue weighted by molar-refractivity contribution is 0.0698. The minimum Gasteiger partial charge on any atom is -0.478 e. The first kappa shape index (κ1) is 14.6. The number of aromatic nitrogens is 2. The number of benzene rings is 1. The molecule has 21 heavy (non-hydrogen) atoms. The van der Waals surface area contributed by atoms with Crippen LogP contribution < -0.4 is 10.6 Å². The number of imidazole rings is 1. The van der Waals surface area contributed by atoms with E-state index in [1.54, 1.807) is 31.6 Å². The highest BCUT2D eigenvalue weighted by Gasteiger charge is 2.14. The van der Waals surface area contributed by atoms with Crippen LogP contribution in [-0.4, -0.2) is 33.6 Å². The van der Waals surface area contributed by atoms with Gasteiger partial charge in [-0.15, -0.1) is 0 Å². The molecule has 1 heterocycles. The molecule has 0 aliphatic rings. The van der Waals surface area contributed by atoms with Gasteiger partial charge in [0.25, 0.3) is 0 Å². The Hall–Kier alpha value is -2.83. The summed E-state index contributed by atoms with van der Waals surface area (Å²) in [4.78, 5) is 29.8. The largest absolute Gasteiger partial charge is 0.478 e. The third kappa shape index (κ3) is 3.82. The second-order valence-corrected chi connectivity index (χ2v) is 4.51. The quantitative estimate of drug-likeness (QED) is 0.672. The molecule has 7 nitrogen and oxygen atoms in total. The number of amides is 2. The molecule has 0 aliphatic carbocycles. The molecule has 110 valence electrons. The third-order valence-electron chi connectivity index (χ3n) is 2.98. The molecular formula is C14H16N4O3. The zero-order chi connectivity index (χ0) is 15.2. The monoisotopic (exact) mass is 288 g/mol. The van der Waals surface area contributed by atoms with Crippen LogP contribution >= 0.6 is 0 Å². The van der Waals surface area contributed by atoms with E-state index in [4.69, 9.17) is 5.11 Å². The van der Waals surface area contributed by atoms with Crippen molar-refractivity contribution in [1.29, 1.82) is 0 Å². The van der Waals surface area contributed by atoms with Crippen LogP contribution in [0.15, 0.2) is 30.7 Å². The lowest BCUT2D eigenvalue weighted by Crippen LogP contribution is -2.31. The summed E-state index contributed by atoms with van der Waals surface area (Å²) in [5.74, 6) is -1.08. The summed E-state index contributed by atoms with van der Waals surface area (Å²) >= 11 is 0. The van der Waals surface area contributed by atoms with Crippen LogP contribution in [0.3, 0.4) is 0 Å². The number of carboxylic acid groups (broad SMARTS) is 1. The van der Waals surface area contributed by atoms with Gasteiger partial charge in [0.2, 0.25) is 0 Å². The number of urea groups is 1. The molecule has 2 aromatic rings. The summed E-state index contributed by atoms with van der Waals surface area (Å²) < 4.78 is 0. The van der Waals surface area contributed by atoms with Crippen LogP contribution in [-0.2, 0) is 6.42 Å². The molecule has 0 aliphatic heterocycles. The van der Waals surface area contributed by atoms with Gasteiger partial charge < -0.3 is 20.7 Å². The maximum Gasteiger partial charge on any atom is 0.337 e. The van der Waals surface area contributed by atoms with Crippen LogP contribution in [0.5, 0.6) is 0 Å². The average Bonchev–Trinajstić information content (AvgIpc) is 2.94. The first-order chi connectivity index (χ1) is 10.1. The molecule has 4 N–H and O–H groups in total. The van der Waals surface area contributed by atoms with E-state index in [1.807, 2.05) is 0 Å². The lowest BCUT2D eigenvalue weighted by atomic mass is 10.1. The SMILES string of the molecule is Cc1cccc(C(=O)O)c1NC(=O)NCCc1cnc[nH]1. The number of aromatic amines is 1. The van der Waals surface area contributed by atoms with E-state index in [-0.39, 0.29) is 5.56 Å². The molecule has 2 rings (SSSR count). The summed E-state index contributed by atoms with van der Waals surface area (Å²) in [7, 11) is 0. The highest BCUT2D eigenvalue weighted by Crippen LogP contribution is 2.20. The summed E-state index contributed by atoms with van der Waals surface area (Å²) in [5.41, 5.74) is 1.98. The Morgan fingerprint density at radius 1 is 1.38 bits per heavy atom. The molecule has 0 unspecified atom stereocenters. The maximum absolute atomic E-state index is 11.8. The van der Waals surface area contributed by atoms with Gasteiger partial charge in [-0.1, -0.05) is 12.1 Å². The van der Waals surface area contributed by atoms with Gasteiger partial charge in [-0.05, 0) is 18.6 Å². The van der Waals surface area contributed by atoms with Gasteiger partial charge in [0.05, 0.1) is 17.6 Å². The number of rotatable bonds is 5. The van der Waals surface area contributed by atoms with E-state index in [0.717, 1.165) is 5.69 Å². The fourth-order valence-electron chi connectivity index (χ4n) is 1.90. The van der Waals surface area contributed by atoms with Crippen molar-refractivity contribution in [2.75, 3.05) is 11.9 Å². The number of carboxylic acids is 1. The third-order valence-corrected chi connectivity index (χ3v) is 2.98. The number of para-hydroxylation sites is 1. The molecule has 1 aromatic carbocycles. The molecule has 0 atom stereocenters. The van der Waals surface area contributed by atoms with Gasteiger partial charge in [-0.25, -0.2) is 14.6 Å². The molecule has 0 fully saturated rings. The number of hydrogen-bond donors (Lipinski definition) is 4. The number of aryl methyl sites for hydroxylation is 1. The van der Waals surface area contributed by atoms with E-state index in [9.17, 15) is 9.59 Å². The van der Waals surface area contributed by atoms with Gasteiger partial charge in [0, 0.05) is 24.9 Å². The Morgan fingerprint density at radius 2 is 2.19 bits per heavy atom. The molecule has 0 spiro atoms. The van der Waals surface area contributed by atoms with Crippen LogP contribution in [0, 0.1) is 6.92 Å². The summed E-state index contributed by atoms with van der Waals surface area (Å²) in [6, 6.07) is 4.40. The Morgan fingerprint density at radius 3 is 2.86 bits per heavy atom. The highest BCUT2D eigenvalue weighted by molar-refractivity contribution is 6.00. The second-order valence-electron chi connectivity index (χ2n) is 4.51. The van der Waals surface area contributed by atoms with Gasteiger partial charge >= 0.3 is 12.0 Å². The number of carbonyl (C=O) groups is 2. The van der Waals surface area contributed by atoms with E-state index < -0.39 is 12.0 Å². The fraction of sp³-hybridized carbons (Fsp3) is 0.214. The standard InChI is InChI=1S/C14H16N4O3/c1-9-3-2-4-11(13(19)20)12(9)18-14(21)16-6-5-10-7-15-8-17-10/h2-4,7-8H,5-6H2,1H3,(H,15,17)(H,19,20)(H2,16,18,21). The summed E-state index contributed by atoms with van der Waals surface area (Å²) in [5, 5.41) is 14.4. The Kier molecular flexibility index (Phi) is 4.55. The highest BCUT2D eigenvalue weighted by atomic mass is 16.4. The number of anilines is 1. The maximum atomic E-state index is 11.8. The van der Waals surface area contributed by atoms with Gasteiger partial charge in [-0.2, -0.15) is 0 Å². The van der Waals surface area contributed by atoms with Crippen LogP contribution in [0.1, 0.15) is 21.6 Å². The Balaban J connectivity index is 1.95. The van der Waals surface area contributed by atoms with Crippen molar-refractivity contribution in [3.8, 4) is 0 Å². The summed E-state index contributed by atoms with van der Waals surface area (Å²) in [6.07, 6.45) is 3.87. The van der Waals surface area contributed by atoms with Gasteiger partial charge in [0.15, 0.2) is 0 Å². The number of aromatic carboxylic acids is 1. The average molecular weight is 288 g/mol. The van der Waals surface area contributed by atoms with Crippen LogP contribution in [0.25, 0.3) is 0 Å². The van der Waals surface area contributed by atoms with Crippen LogP contribution in [0.2, 0.25) is 0 Å². The van der Waals surface area contributed by atoms with Crippen molar-refractivity contribution >= 4 is 17.7 Å². The van der Waals surface area contributed by atoms with Crippen molar-refractivity contribution in [2.24, 2.45) is 0 Å². The zero-order valence-electron chi connectivity index (χ0n) is 11.5. The van der Waals surface area contributed by atoms with E-state index >= 15 is 0 Å². The zero-order valence-corrected chi connectivity index (χ0v) is 11.5.